The molecular weight excluding hydrogens is 257 g/mol. The molecule has 1 N–H and O–H groups in total. The maximum Gasteiger partial charge on any atom is 0.165 e. The molecule has 0 spiro atoms. The molecule has 17 heavy (non-hydrogen) atoms. The Bertz CT molecular complexity index is 408. The number of hydrazone groups is 1. The Balaban J connectivity index is 2.02. The van der Waals surface area contributed by atoms with Crippen LogP contribution in [0.25, 0.3) is 0 Å². The van der Waals surface area contributed by atoms with Gasteiger partial charge in [-0.2, -0.15) is 5.10 Å². The van der Waals surface area contributed by atoms with E-state index in [0.29, 0.717) is 15.9 Å². The second-order valence-electron chi connectivity index (χ2n) is 4.19. The zero-order valence-corrected chi connectivity index (χ0v) is 11.1. The third-order valence-electron chi connectivity index (χ3n) is 2.81. The van der Waals surface area contributed by atoms with Gasteiger partial charge in [-0.1, -0.05) is 36.0 Å². The lowest BCUT2D eigenvalue weighted by Crippen LogP contribution is -2.02. The van der Waals surface area contributed by atoms with Gasteiger partial charge in [0.25, 0.3) is 0 Å². The standard InChI is InChI=1S/C12H15Cl2N3/c13-9-7-11(14)12(15-8-9)17-16-10-5-3-1-2-4-6-10/h7-8H,1-6H2,(H,15,17). The van der Waals surface area contributed by atoms with Crippen LogP contribution in [0.1, 0.15) is 38.5 Å². The van der Waals surface area contributed by atoms with Gasteiger partial charge in [0.2, 0.25) is 0 Å². The summed E-state index contributed by atoms with van der Waals surface area (Å²) in [4.78, 5) is 4.10. The minimum absolute atomic E-state index is 0.496. The van der Waals surface area contributed by atoms with Crippen molar-refractivity contribution >= 4 is 34.7 Å². The minimum Gasteiger partial charge on any atom is -0.260 e. The molecule has 0 radical (unpaired) electrons. The monoisotopic (exact) mass is 271 g/mol. The Morgan fingerprint density at radius 1 is 1.12 bits per heavy atom. The van der Waals surface area contributed by atoms with Gasteiger partial charge >= 0.3 is 0 Å². The van der Waals surface area contributed by atoms with Gasteiger partial charge in [-0.25, -0.2) is 4.98 Å². The van der Waals surface area contributed by atoms with Crippen molar-refractivity contribution in [3.63, 3.8) is 0 Å². The number of hydrogen-bond donors (Lipinski definition) is 1. The molecule has 1 aliphatic rings. The molecule has 0 amide bonds. The normalized spacial score (nSPS) is 16.5. The van der Waals surface area contributed by atoms with Crippen molar-refractivity contribution in [2.24, 2.45) is 5.10 Å². The number of nitrogens with one attached hydrogen (secondary N) is 1. The third-order valence-corrected chi connectivity index (χ3v) is 3.30. The first kappa shape index (κ1) is 12.7. The number of anilines is 1. The second-order valence-corrected chi connectivity index (χ2v) is 5.03. The number of nitrogens with zero attached hydrogens (tertiary/aromatic N) is 2. The first-order valence-corrected chi connectivity index (χ1v) is 6.64. The van der Waals surface area contributed by atoms with Crippen LogP contribution in [0.3, 0.4) is 0 Å². The molecule has 1 saturated carbocycles. The first-order chi connectivity index (χ1) is 8.25. The summed E-state index contributed by atoms with van der Waals surface area (Å²) in [7, 11) is 0. The average molecular weight is 272 g/mol. The summed E-state index contributed by atoms with van der Waals surface area (Å²) in [6.45, 7) is 0. The zero-order valence-electron chi connectivity index (χ0n) is 9.55. The Hall–Kier alpha value is -0.800. The van der Waals surface area contributed by atoms with Crippen LogP contribution in [0.5, 0.6) is 0 Å². The van der Waals surface area contributed by atoms with Gasteiger partial charge in [-0.3, -0.25) is 5.43 Å². The van der Waals surface area contributed by atoms with Crippen LogP contribution in [-0.2, 0) is 0 Å². The van der Waals surface area contributed by atoms with Crippen LogP contribution >= 0.6 is 23.2 Å². The largest absolute Gasteiger partial charge is 0.260 e. The minimum atomic E-state index is 0.496. The van der Waals surface area contributed by atoms with Gasteiger partial charge in [0, 0.05) is 11.9 Å². The van der Waals surface area contributed by atoms with Gasteiger partial charge < -0.3 is 0 Å². The molecule has 0 atom stereocenters. The maximum absolute atomic E-state index is 6.00. The van der Waals surface area contributed by atoms with Gasteiger partial charge in [-0.05, 0) is 31.7 Å². The molecular formula is C12H15Cl2N3. The molecule has 0 saturated heterocycles. The molecule has 1 aromatic heterocycles. The van der Waals surface area contributed by atoms with Crippen molar-refractivity contribution in [3.8, 4) is 0 Å². The predicted octanol–water partition coefficient (Wildman–Crippen LogP) is 4.51. The highest BCUT2D eigenvalue weighted by atomic mass is 35.5. The highest BCUT2D eigenvalue weighted by molar-refractivity contribution is 6.35. The fraction of sp³-hybridized carbons (Fsp3) is 0.500. The fourth-order valence-electron chi connectivity index (χ4n) is 1.88. The summed E-state index contributed by atoms with van der Waals surface area (Å²) in [6.07, 6.45) is 8.75. The van der Waals surface area contributed by atoms with Crippen LogP contribution in [0, 0.1) is 0 Å². The molecule has 1 aliphatic carbocycles. The second kappa shape index (κ2) is 6.22. The quantitative estimate of drug-likeness (QED) is 0.635. The first-order valence-electron chi connectivity index (χ1n) is 5.88. The van der Waals surface area contributed by atoms with Crippen LogP contribution < -0.4 is 5.43 Å². The Morgan fingerprint density at radius 2 is 1.82 bits per heavy atom. The Morgan fingerprint density at radius 3 is 2.47 bits per heavy atom. The molecule has 1 fully saturated rings. The number of aromatic nitrogens is 1. The number of pyridine rings is 1. The van der Waals surface area contributed by atoms with Gasteiger partial charge in [-0.15, -0.1) is 0 Å². The topological polar surface area (TPSA) is 37.3 Å². The number of halogens is 2. The summed E-state index contributed by atoms with van der Waals surface area (Å²) in [5, 5.41) is 5.41. The maximum atomic E-state index is 6.00. The van der Waals surface area contributed by atoms with E-state index in [0.717, 1.165) is 12.8 Å². The lowest BCUT2D eigenvalue weighted by Gasteiger charge is -2.05. The van der Waals surface area contributed by atoms with Crippen LogP contribution in [0.15, 0.2) is 17.4 Å². The molecule has 2 rings (SSSR count). The molecule has 5 heteroatoms. The van der Waals surface area contributed by atoms with Crippen LogP contribution in [0.2, 0.25) is 10.0 Å². The van der Waals surface area contributed by atoms with E-state index in [-0.39, 0.29) is 0 Å². The van der Waals surface area contributed by atoms with Crippen molar-refractivity contribution in [2.45, 2.75) is 38.5 Å². The molecule has 1 heterocycles. The predicted molar refractivity (Wildman–Crippen MR) is 73.0 cm³/mol. The van der Waals surface area contributed by atoms with E-state index in [9.17, 15) is 0 Å². The van der Waals surface area contributed by atoms with Crippen molar-refractivity contribution < 1.29 is 0 Å². The van der Waals surface area contributed by atoms with E-state index in [1.54, 1.807) is 12.3 Å². The highest BCUT2D eigenvalue weighted by Gasteiger charge is 2.06. The molecule has 0 unspecified atom stereocenters. The van der Waals surface area contributed by atoms with E-state index in [1.807, 2.05) is 0 Å². The summed E-state index contributed by atoms with van der Waals surface area (Å²) >= 11 is 11.8. The van der Waals surface area contributed by atoms with Crippen LogP contribution in [0.4, 0.5) is 5.82 Å². The smallest absolute Gasteiger partial charge is 0.165 e. The van der Waals surface area contributed by atoms with E-state index in [2.05, 4.69) is 15.5 Å². The van der Waals surface area contributed by atoms with Crippen molar-refractivity contribution in [1.29, 1.82) is 0 Å². The van der Waals surface area contributed by atoms with Gasteiger partial charge in [0.05, 0.1) is 10.0 Å². The summed E-state index contributed by atoms with van der Waals surface area (Å²) in [5.41, 5.74) is 4.13. The van der Waals surface area contributed by atoms with Crippen molar-refractivity contribution in [2.75, 3.05) is 5.43 Å². The highest BCUT2D eigenvalue weighted by Crippen LogP contribution is 2.23. The summed E-state index contributed by atoms with van der Waals surface area (Å²) in [6, 6.07) is 1.66. The molecule has 0 bridgehead atoms. The molecule has 1 aromatic rings. The van der Waals surface area contributed by atoms with Gasteiger partial charge in [0.1, 0.15) is 0 Å². The molecule has 92 valence electrons. The molecule has 3 nitrogen and oxygen atoms in total. The van der Waals surface area contributed by atoms with E-state index >= 15 is 0 Å². The van der Waals surface area contributed by atoms with Crippen LogP contribution in [-0.4, -0.2) is 10.7 Å². The van der Waals surface area contributed by atoms with Crippen molar-refractivity contribution in [1.82, 2.24) is 4.98 Å². The molecule has 0 aromatic carbocycles. The van der Waals surface area contributed by atoms with E-state index < -0.39 is 0 Å². The third kappa shape index (κ3) is 3.86. The summed E-state index contributed by atoms with van der Waals surface area (Å²) < 4.78 is 0. The van der Waals surface area contributed by atoms with Crippen molar-refractivity contribution in [3.05, 3.63) is 22.3 Å². The van der Waals surface area contributed by atoms with E-state index in [1.165, 1.54) is 31.4 Å². The number of hydrogen-bond acceptors (Lipinski definition) is 3. The van der Waals surface area contributed by atoms with Gasteiger partial charge in [0.15, 0.2) is 5.82 Å². The van der Waals surface area contributed by atoms with E-state index in [4.69, 9.17) is 23.2 Å². The number of rotatable bonds is 2. The Labute approximate surface area is 111 Å². The fourth-order valence-corrected chi connectivity index (χ4v) is 2.30. The zero-order chi connectivity index (χ0) is 12.1. The summed E-state index contributed by atoms with van der Waals surface area (Å²) in [5.74, 6) is 0.563. The lowest BCUT2D eigenvalue weighted by molar-refractivity contribution is 0.702. The average Bonchev–Trinajstić information content (AvgIpc) is 2.56. The SMILES string of the molecule is Clc1cnc(NN=C2CCCCCC2)c(Cl)c1. The molecule has 0 aliphatic heterocycles. The Kier molecular flexibility index (Phi) is 4.63. The lowest BCUT2D eigenvalue weighted by atomic mass is 10.2.